The maximum absolute atomic E-state index is 6.10. The average Bonchev–Trinajstić information content (AvgIpc) is 2.64. The monoisotopic (exact) mass is 239 g/mol. The molecule has 0 bridgehead atoms. The first kappa shape index (κ1) is 11.6. The molecule has 2 heterocycles. The molecule has 1 aliphatic heterocycles. The molecule has 1 fully saturated rings. The first-order valence-electron chi connectivity index (χ1n) is 5.81. The van der Waals surface area contributed by atoms with Crippen LogP contribution >= 0.6 is 11.6 Å². The van der Waals surface area contributed by atoms with E-state index < -0.39 is 0 Å². The summed E-state index contributed by atoms with van der Waals surface area (Å²) in [4.78, 5) is 11.3. The minimum Gasteiger partial charge on any atom is -0.339 e. The standard InChI is InChI=1S/C12H18ClN3/c1-8(2)11-6-9(3)14-12(15-11)16-5-4-10(13)7-16/h6,8,10H,4-5,7H2,1-3H3. The highest BCUT2D eigenvalue weighted by atomic mass is 35.5. The van der Waals surface area contributed by atoms with Crippen LogP contribution in [-0.2, 0) is 0 Å². The summed E-state index contributed by atoms with van der Waals surface area (Å²) in [5.41, 5.74) is 2.15. The van der Waals surface area contributed by atoms with Crippen molar-refractivity contribution in [2.75, 3.05) is 18.0 Å². The van der Waals surface area contributed by atoms with Crippen LogP contribution in [0.1, 0.15) is 37.6 Å². The Bertz CT molecular complexity index is 379. The molecule has 0 radical (unpaired) electrons. The molecular formula is C12H18ClN3. The van der Waals surface area contributed by atoms with Crippen LogP contribution in [0.2, 0.25) is 0 Å². The Balaban J connectivity index is 2.27. The highest BCUT2D eigenvalue weighted by Crippen LogP contribution is 2.22. The lowest BCUT2D eigenvalue weighted by Crippen LogP contribution is -2.23. The van der Waals surface area contributed by atoms with Gasteiger partial charge in [-0.25, -0.2) is 9.97 Å². The Morgan fingerprint density at radius 3 is 2.75 bits per heavy atom. The van der Waals surface area contributed by atoms with Gasteiger partial charge >= 0.3 is 0 Å². The molecule has 1 saturated heterocycles. The van der Waals surface area contributed by atoms with Gasteiger partial charge in [0.2, 0.25) is 5.95 Å². The minimum atomic E-state index is 0.242. The number of rotatable bonds is 2. The zero-order valence-corrected chi connectivity index (χ0v) is 10.8. The van der Waals surface area contributed by atoms with Gasteiger partial charge in [0.25, 0.3) is 0 Å². The van der Waals surface area contributed by atoms with Crippen molar-refractivity contribution in [1.82, 2.24) is 9.97 Å². The van der Waals surface area contributed by atoms with E-state index in [-0.39, 0.29) is 5.38 Å². The van der Waals surface area contributed by atoms with Crippen LogP contribution < -0.4 is 4.90 Å². The van der Waals surface area contributed by atoms with Gasteiger partial charge < -0.3 is 4.90 Å². The third kappa shape index (κ3) is 2.46. The van der Waals surface area contributed by atoms with Crippen molar-refractivity contribution in [3.8, 4) is 0 Å². The minimum absolute atomic E-state index is 0.242. The van der Waals surface area contributed by atoms with Crippen molar-refractivity contribution in [1.29, 1.82) is 0 Å². The van der Waals surface area contributed by atoms with Gasteiger partial charge in [0.15, 0.2) is 0 Å². The number of anilines is 1. The van der Waals surface area contributed by atoms with Gasteiger partial charge in [-0.05, 0) is 25.3 Å². The summed E-state index contributed by atoms with van der Waals surface area (Å²) in [5, 5.41) is 0.242. The van der Waals surface area contributed by atoms with Crippen LogP contribution in [0, 0.1) is 6.92 Å². The van der Waals surface area contributed by atoms with Gasteiger partial charge in [-0.2, -0.15) is 0 Å². The van der Waals surface area contributed by atoms with Gasteiger partial charge in [0.1, 0.15) is 0 Å². The van der Waals surface area contributed by atoms with E-state index in [1.165, 1.54) is 0 Å². The summed E-state index contributed by atoms with van der Waals surface area (Å²) in [6.45, 7) is 8.16. The van der Waals surface area contributed by atoms with Crippen molar-refractivity contribution in [2.24, 2.45) is 0 Å². The van der Waals surface area contributed by atoms with Crippen molar-refractivity contribution < 1.29 is 0 Å². The zero-order valence-electron chi connectivity index (χ0n) is 10.1. The number of aromatic nitrogens is 2. The molecule has 88 valence electrons. The fourth-order valence-corrected chi connectivity index (χ4v) is 2.18. The van der Waals surface area contributed by atoms with Crippen LogP contribution in [0.4, 0.5) is 5.95 Å². The predicted molar refractivity (Wildman–Crippen MR) is 67.3 cm³/mol. The zero-order chi connectivity index (χ0) is 11.7. The maximum Gasteiger partial charge on any atom is 0.225 e. The molecule has 0 N–H and O–H groups in total. The van der Waals surface area contributed by atoms with E-state index in [1.54, 1.807) is 0 Å². The normalized spacial score (nSPS) is 20.8. The molecule has 3 nitrogen and oxygen atoms in total. The molecule has 0 aliphatic carbocycles. The Morgan fingerprint density at radius 2 is 2.19 bits per heavy atom. The van der Waals surface area contributed by atoms with Crippen LogP contribution in [-0.4, -0.2) is 28.4 Å². The summed E-state index contributed by atoms with van der Waals surface area (Å²) in [6, 6.07) is 2.06. The second kappa shape index (κ2) is 4.58. The van der Waals surface area contributed by atoms with E-state index in [0.717, 1.165) is 36.8 Å². The fraction of sp³-hybridized carbons (Fsp3) is 0.667. The van der Waals surface area contributed by atoms with Gasteiger partial charge in [-0.1, -0.05) is 13.8 Å². The maximum atomic E-state index is 6.10. The first-order valence-corrected chi connectivity index (χ1v) is 6.24. The van der Waals surface area contributed by atoms with Crippen LogP contribution in [0.15, 0.2) is 6.07 Å². The van der Waals surface area contributed by atoms with Crippen LogP contribution in [0.5, 0.6) is 0 Å². The molecular weight excluding hydrogens is 222 g/mol. The van der Waals surface area contributed by atoms with Gasteiger partial charge in [0.05, 0.1) is 5.38 Å². The number of aryl methyl sites for hydroxylation is 1. The molecule has 2 rings (SSSR count). The summed E-state index contributed by atoms with van der Waals surface area (Å²) < 4.78 is 0. The molecule has 0 saturated carbocycles. The third-order valence-electron chi connectivity index (χ3n) is 2.87. The molecule has 1 atom stereocenters. The molecule has 1 aliphatic rings. The number of alkyl halides is 1. The van der Waals surface area contributed by atoms with E-state index in [0.29, 0.717) is 5.92 Å². The number of halogens is 1. The topological polar surface area (TPSA) is 29.0 Å². The summed E-state index contributed by atoms with van der Waals surface area (Å²) in [6.07, 6.45) is 1.02. The lowest BCUT2D eigenvalue weighted by molar-refractivity contribution is 0.789. The van der Waals surface area contributed by atoms with Gasteiger partial charge in [0, 0.05) is 24.5 Å². The quantitative estimate of drug-likeness (QED) is 0.744. The highest BCUT2D eigenvalue weighted by molar-refractivity contribution is 6.21. The van der Waals surface area contributed by atoms with E-state index in [9.17, 15) is 0 Å². The number of hydrogen-bond acceptors (Lipinski definition) is 3. The molecule has 0 aromatic carbocycles. The lowest BCUT2D eigenvalue weighted by atomic mass is 10.1. The molecule has 1 aromatic heterocycles. The van der Waals surface area contributed by atoms with Crippen molar-refractivity contribution >= 4 is 17.5 Å². The smallest absolute Gasteiger partial charge is 0.225 e. The lowest BCUT2D eigenvalue weighted by Gasteiger charge is -2.17. The largest absolute Gasteiger partial charge is 0.339 e. The van der Waals surface area contributed by atoms with Crippen molar-refractivity contribution in [3.63, 3.8) is 0 Å². The summed E-state index contributed by atoms with van der Waals surface area (Å²) in [7, 11) is 0. The Morgan fingerprint density at radius 1 is 1.44 bits per heavy atom. The second-order valence-electron chi connectivity index (χ2n) is 4.72. The van der Waals surface area contributed by atoms with Gasteiger partial charge in [-0.3, -0.25) is 0 Å². The summed E-state index contributed by atoms with van der Waals surface area (Å²) >= 11 is 6.10. The molecule has 1 aromatic rings. The first-order chi connectivity index (χ1) is 7.56. The molecule has 0 spiro atoms. The highest BCUT2D eigenvalue weighted by Gasteiger charge is 2.23. The fourth-order valence-electron chi connectivity index (χ4n) is 1.91. The number of hydrogen-bond donors (Lipinski definition) is 0. The average molecular weight is 240 g/mol. The number of nitrogens with zero attached hydrogens (tertiary/aromatic N) is 3. The van der Waals surface area contributed by atoms with E-state index in [4.69, 9.17) is 11.6 Å². The van der Waals surface area contributed by atoms with Crippen molar-refractivity contribution in [3.05, 3.63) is 17.5 Å². The molecule has 0 amide bonds. The van der Waals surface area contributed by atoms with E-state index in [1.807, 2.05) is 6.92 Å². The Hall–Kier alpha value is -0.830. The Labute approximate surface area is 102 Å². The van der Waals surface area contributed by atoms with E-state index >= 15 is 0 Å². The predicted octanol–water partition coefficient (Wildman–Crippen LogP) is 2.73. The molecule has 1 unspecified atom stereocenters. The van der Waals surface area contributed by atoms with Gasteiger partial charge in [-0.15, -0.1) is 11.6 Å². The van der Waals surface area contributed by atoms with E-state index in [2.05, 4.69) is 34.8 Å². The molecule has 16 heavy (non-hydrogen) atoms. The SMILES string of the molecule is Cc1cc(C(C)C)nc(N2CCC(Cl)C2)n1. The molecule has 4 heteroatoms. The summed E-state index contributed by atoms with van der Waals surface area (Å²) in [5.74, 6) is 1.28. The van der Waals surface area contributed by atoms with Crippen molar-refractivity contribution in [2.45, 2.75) is 38.5 Å². The second-order valence-corrected chi connectivity index (χ2v) is 5.34. The van der Waals surface area contributed by atoms with Crippen LogP contribution in [0.25, 0.3) is 0 Å². The Kier molecular flexibility index (Phi) is 3.33. The third-order valence-corrected chi connectivity index (χ3v) is 3.22. The van der Waals surface area contributed by atoms with Crippen LogP contribution in [0.3, 0.4) is 0 Å².